The molecule has 120 valence electrons. The third-order valence-corrected chi connectivity index (χ3v) is 3.26. The van der Waals surface area contributed by atoms with Crippen LogP contribution in [0.3, 0.4) is 0 Å². The molecule has 1 amide bonds. The summed E-state index contributed by atoms with van der Waals surface area (Å²) in [5, 5.41) is 18.1. The van der Waals surface area contributed by atoms with Gasteiger partial charge in [-0.2, -0.15) is 4.80 Å². The fraction of sp³-hybridized carbons (Fsp3) is 0.429. The van der Waals surface area contributed by atoms with Gasteiger partial charge in [0, 0.05) is 18.2 Å². The van der Waals surface area contributed by atoms with Gasteiger partial charge < -0.3 is 10.6 Å². The molecular formula is C14H21ClN6O. The maximum Gasteiger partial charge on any atom is 0.246 e. The van der Waals surface area contributed by atoms with Crippen LogP contribution in [-0.4, -0.2) is 45.7 Å². The van der Waals surface area contributed by atoms with Gasteiger partial charge in [0.05, 0.1) is 0 Å². The van der Waals surface area contributed by atoms with Gasteiger partial charge in [0.15, 0.2) is 0 Å². The molecular weight excluding hydrogens is 304 g/mol. The molecule has 8 heteroatoms. The lowest BCUT2D eigenvalue weighted by molar-refractivity contribution is -0.124. The van der Waals surface area contributed by atoms with Gasteiger partial charge in [-0.05, 0) is 26.1 Å². The van der Waals surface area contributed by atoms with E-state index >= 15 is 0 Å². The molecule has 1 aromatic carbocycles. The van der Waals surface area contributed by atoms with Gasteiger partial charge in [-0.1, -0.05) is 30.3 Å². The second kappa shape index (κ2) is 8.45. The van der Waals surface area contributed by atoms with E-state index in [1.54, 1.807) is 6.92 Å². The molecule has 0 aliphatic carbocycles. The molecule has 1 aromatic heterocycles. The Hall–Kier alpha value is -1.99. The molecule has 0 spiro atoms. The van der Waals surface area contributed by atoms with Crippen molar-refractivity contribution in [1.29, 1.82) is 0 Å². The molecule has 2 unspecified atom stereocenters. The average molecular weight is 325 g/mol. The molecule has 22 heavy (non-hydrogen) atoms. The van der Waals surface area contributed by atoms with E-state index in [2.05, 4.69) is 26.0 Å². The highest BCUT2D eigenvalue weighted by Crippen LogP contribution is 2.13. The number of hydrogen-bond donors (Lipinski definition) is 2. The first-order valence-corrected chi connectivity index (χ1v) is 6.91. The number of carbonyl (C=O) groups excluding carboxylic acids is 1. The third kappa shape index (κ3) is 4.51. The Bertz CT molecular complexity index is 588. The summed E-state index contributed by atoms with van der Waals surface area (Å²) in [6.07, 6.45) is 0. The highest BCUT2D eigenvalue weighted by Gasteiger charge is 2.18. The van der Waals surface area contributed by atoms with Crippen LogP contribution in [0.2, 0.25) is 0 Å². The molecule has 2 aromatic rings. The maximum atomic E-state index is 12.0. The van der Waals surface area contributed by atoms with E-state index < -0.39 is 6.04 Å². The number of carbonyl (C=O) groups is 1. The monoisotopic (exact) mass is 324 g/mol. The number of amides is 1. The second-order valence-electron chi connectivity index (χ2n) is 4.91. The highest BCUT2D eigenvalue weighted by atomic mass is 35.5. The molecule has 2 atom stereocenters. The largest absolute Gasteiger partial charge is 0.353 e. The Morgan fingerprint density at radius 2 is 1.95 bits per heavy atom. The molecule has 0 aliphatic rings. The van der Waals surface area contributed by atoms with Crippen molar-refractivity contribution < 1.29 is 4.79 Å². The SMILES string of the molecule is CNC(C)CNC(=O)C(C)n1nnc(-c2ccccc2)n1.Cl. The minimum Gasteiger partial charge on any atom is -0.353 e. The summed E-state index contributed by atoms with van der Waals surface area (Å²) in [5.74, 6) is 0.382. The number of halogens is 1. The quantitative estimate of drug-likeness (QED) is 0.829. The van der Waals surface area contributed by atoms with E-state index in [-0.39, 0.29) is 24.4 Å². The van der Waals surface area contributed by atoms with E-state index in [9.17, 15) is 4.79 Å². The molecule has 7 nitrogen and oxygen atoms in total. The zero-order valence-corrected chi connectivity index (χ0v) is 13.7. The molecule has 2 rings (SSSR count). The predicted octanol–water partition coefficient (Wildman–Crippen LogP) is 1.05. The van der Waals surface area contributed by atoms with Gasteiger partial charge in [0.1, 0.15) is 6.04 Å². The molecule has 0 saturated heterocycles. The summed E-state index contributed by atoms with van der Waals surface area (Å²) in [6.45, 7) is 4.29. The van der Waals surface area contributed by atoms with Gasteiger partial charge in [-0.3, -0.25) is 4.79 Å². The second-order valence-corrected chi connectivity index (χ2v) is 4.91. The van der Waals surface area contributed by atoms with Crippen molar-refractivity contribution >= 4 is 18.3 Å². The Labute approximate surface area is 135 Å². The number of nitrogens with one attached hydrogen (secondary N) is 2. The molecule has 0 aliphatic heterocycles. The lowest BCUT2D eigenvalue weighted by Crippen LogP contribution is -2.40. The zero-order valence-electron chi connectivity index (χ0n) is 12.9. The van der Waals surface area contributed by atoms with Crippen LogP contribution >= 0.6 is 12.4 Å². The first-order valence-electron chi connectivity index (χ1n) is 6.91. The number of rotatable bonds is 6. The first-order chi connectivity index (χ1) is 10.1. The Morgan fingerprint density at radius 1 is 1.27 bits per heavy atom. The summed E-state index contributed by atoms with van der Waals surface area (Å²) in [6, 6.07) is 9.26. The summed E-state index contributed by atoms with van der Waals surface area (Å²) < 4.78 is 0. The van der Waals surface area contributed by atoms with Gasteiger partial charge in [0.2, 0.25) is 11.7 Å². The van der Waals surface area contributed by atoms with Crippen LogP contribution in [0.4, 0.5) is 0 Å². The lowest BCUT2D eigenvalue weighted by Gasteiger charge is -2.14. The van der Waals surface area contributed by atoms with E-state index in [1.165, 1.54) is 4.80 Å². The maximum absolute atomic E-state index is 12.0. The smallest absolute Gasteiger partial charge is 0.246 e. The number of benzene rings is 1. The van der Waals surface area contributed by atoms with Crippen molar-refractivity contribution in [3.8, 4) is 11.4 Å². The van der Waals surface area contributed by atoms with E-state index in [0.717, 1.165) is 5.56 Å². The molecule has 1 heterocycles. The van der Waals surface area contributed by atoms with E-state index in [0.29, 0.717) is 12.4 Å². The number of hydrogen-bond acceptors (Lipinski definition) is 5. The van der Waals surface area contributed by atoms with Crippen LogP contribution in [0.15, 0.2) is 30.3 Å². The first kappa shape index (κ1) is 18.1. The van der Waals surface area contributed by atoms with Crippen LogP contribution in [0.5, 0.6) is 0 Å². The van der Waals surface area contributed by atoms with Gasteiger partial charge in [-0.15, -0.1) is 22.6 Å². The lowest BCUT2D eigenvalue weighted by atomic mass is 10.2. The van der Waals surface area contributed by atoms with Gasteiger partial charge in [0.25, 0.3) is 0 Å². The van der Waals surface area contributed by atoms with Crippen molar-refractivity contribution in [2.45, 2.75) is 25.9 Å². The van der Waals surface area contributed by atoms with Gasteiger partial charge >= 0.3 is 0 Å². The fourth-order valence-corrected chi connectivity index (χ4v) is 1.70. The zero-order chi connectivity index (χ0) is 15.2. The Kier molecular flexibility index (Phi) is 6.94. The van der Waals surface area contributed by atoms with Crippen molar-refractivity contribution in [2.24, 2.45) is 0 Å². The summed E-state index contributed by atoms with van der Waals surface area (Å²) >= 11 is 0. The van der Waals surface area contributed by atoms with Crippen molar-refractivity contribution in [3.05, 3.63) is 30.3 Å². The van der Waals surface area contributed by atoms with Crippen molar-refractivity contribution in [1.82, 2.24) is 30.8 Å². The summed E-state index contributed by atoms with van der Waals surface area (Å²) in [7, 11) is 1.85. The summed E-state index contributed by atoms with van der Waals surface area (Å²) in [4.78, 5) is 13.4. The number of nitrogens with zero attached hydrogens (tertiary/aromatic N) is 4. The fourth-order valence-electron chi connectivity index (χ4n) is 1.70. The van der Waals surface area contributed by atoms with Crippen LogP contribution in [0.25, 0.3) is 11.4 Å². The van der Waals surface area contributed by atoms with Crippen LogP contribution in [0.1, 0.15) is 19.9 Å². The molecule has 2 N–H and O–H groups in total. The molecule has 0 saturated carbocycles. The minimum absolute atomic E-state index is 0. The minimum atomic E-state index is -0.501. The number of aromatic nitrogens is 4. The third-order valence-electron chi connectivity index (χ3n) is 3.26. The molecule has 0 bridgehead atoms. The van der Waals surface area contributed by atoms with Crippen molar-refractivity contribution in [3.63, 3.8) is 0 Å². The average Bonchev–Trinajstić information content (AvgIpc) is 3.02. The Balaban J connectivity index is 0.00000242. The normalized spacial score (nSPS) is 13.0. The number of tetrazole rings is 1. The van der Waals surface area contributed by atoms with Crippen LogP contribution in [0, 0.1) is 0 Å². The predicted molar refractivity (Wildman–Crippen MR) is 86.7 cm³/mol. The molecule has 0 radical (unpaired) electrons. The van der Waals surface area contributed by atoms with Crippen LogP contribution < -0.4 is 10.6 Å². The Morgan fingerprint density at radius 3 is 2.59 bits per heavy atom. The topological polar surface area (TPSA) is 84.7 Å². The highest BCUT2D eigenvalue weighted by molar-refractivity contribution is 5.85. The van der Waals surface area contributed by atoms with Gasteiger partial charge in [-0.25, -0.2) is 0 Å². The van der Waals surface area contributed by atoms with E-state index in [1.807, 2.05) is 44.3 Å². The van der Waals surface area contributed by atoms with E-state index in [4.69, 9.17) is 0 Å². The summed E-state index contributed by atoms with van der Waals surface area (Å²) in [5.41, 5.74) is 0.875. The molecule has 0 fully saturated rings. The van der Waals surface area contributed by atoms with Crippen LogP contribution in [-0.2, 0) is 4.79 Å². The standard InChI is InChI=1S/C14H20N6O.ClH/c1-10(15-3)9-16-14(21)11(2)20-18-13(17-19-20)12-7-5-4-6-8-12;/h4-8,10-11,15H,9H2,1-3H3,(H,16,21);1H. The number of likely N-dealkylation sites (N-methyl/N-ethyl adjacent to an activating group) is 1. The van der Waals surface area contributed by atoms with Crippen molar-refractivity contribution in [2.75, 3.05) is 13.6 Å².